The van der Waals surface area contributed by atoms with Gasteiger partial charge in [0.1, 0.15) is 5.78 Å². The van der Waals surface area contributed by atoms with Crippen LogP contribution in [0.4, 0.5) is 5.69 Å². The molecule has 4 nitrogen and oxygen atoms in total. The van der Waals surface area contributed by atoms with E-state index in [-0.39, 0.29) is 23.7 Å². The van der Waals surface area contributed by atoms with E-state index in [0.717, 1.165) is 35.9 Å². The number of pyridine rings is 1. The maximum absolute atomic E-state index is 12.7. The first-order valence-electron chi connectivity index (χ1n) is 8.40. The molecule has 1 aromatic heterocycles. The Bertz CT molecular complexity index is 750. The molecule has 0 radical (unpaired) electrons. The number of anilines is 1. The number of aromatic nitrogens is 1. The molecule has 0 spiro atoms. The maximum Gasteiger partial charge on any atom is 0.227 e. The minimum atomic E-state index is -0.0464. The largest absolute Gasteiger partial charge is 0.325 e. The summed E-state index contributed by atoms with van der Waals surface area (Å²) in [5.74, 6) is 0.607. The lowest BCUT2D eigenvalue weighted by atomic mass is 9.67. The second-order valence-electron chi connectivity index (χ2n) is 6.76. The second-order valence-corrected chi connectivity index (χ2v) is 6.76. The van der Waals surface area contributed by atoms with Crippen molar-refractivity contribution in [3.63, 3.8) is 0 Å². The number of carbonyl (C=O) groups excluding carboxylic acids is 2. The van der Waals surface area contributed by atoms with E-state index in [4.69, 9.17) is 0 Å². The number of hydrogen-bond donors (Lipinski definition) is 1. The molecule has 1 heterocycles. The smallest absolute Gasteiger partial charge is 0.227 e. The zero-order valence-electron chi connectivity index (χ0n) is 13.0. The van der Waals surface area contributed by atoms with Gasteiger partial charge in [0.05, 0.1) is 11.2 Å². The lowest BCUT2D eigenvalue weighted by Crippen LogP contribution is -2.40. The summed E-state index contributed by atoms with van der Waals surface area (Å²) in [5, 5.41) is 4.02. The van der Waals surface area contributed by atoms with Crippen molar-refractivity contribution < 1.29 is 9.59 Å². The number of nitrogens with zero attached hydrogens (tertiary/aromatic N) is 1. The Hall–Kier alpha value is -2.23. The van der Waals surface area contributed by atoms with E-state index >= 15 is 0 Å². The quantitative estimate of drug-likeness (QED) is 0.922. The van der Waals surface area contributed by atoms with Gasteiger partial charge in [0.15, 0.2) is 0 Å². The highest BCUT2D eigenvalue weighted by atomic mass is 16.2. The van der Waals surface area contributed by atoms with Crippen molar-refractivity contribution in [2.24, 2.45) is 17.8 Å². The van der Waals surface area contributed by atoms with E-state index in [2.05, 4.69) is 10.3 Å². The third-order valence-electron chi connectivity index (χ3n) is 5.32. The molecule has 2 saturated carbocycles. The summed E-state index contributed by atoms with van der Waals surface area (Å²) in [4.78, 5) is 29.2. The summed E-state index contributed by atoms with van der Waals surface area (Å²) in [7, 11) is 0. The SMILES string of the molecule is O=C(Nc1cccc2ncccc12)C1CC2CCCC(C1)C2=O. The fourth-order valence-electron chi connectivity index (χ4n) is 4.14. The number of benzene rings is 1. The molecule has 4 heteroatoms. The van der Waals surface area contributed by atoms with E-state index < -0.39 is 0 Å². The third-order valence-corrected chi connectivity index (χ3v) is 5.32. The lowest BCUT2D eigenvalue weighted by molar-refractivity contribution is -0.136. The summed E-state index contributed by atoms with van der Waals surface area (Å²) in [6, 6.07) is 9.61. The molecule has 1 aromatic carbocycles. The number of amides is 1. The zero-order valence-corrected chi connectivity index (χ0v) is 13.0. The van der Waals surface area contributed by atoms with Crippen LogP contribution < -0.4 is 5.32 Å². The molecule has 1 N–H and O–H groups in total. The van der Waals surface area contributed by atoms with Crippen molar-refractivity contribution in [2.75, 3.05) is 5.32 Å². The van der Waals surface area contributed by atoms with Crippen molar-refractivity contribution in [2.45, 2.75) is 32.1 Å². The average molecular weight is 308 g/mol. The van der Waals surface area contributed by atoms with Crippen LogP contribution in [0.1, 0.15) is 32.1 Å². The molecule has 1 amide bonds. The van der Waals surface area contributed by atoms with E-state index in [1.165, 1.54) is 0 Å². The molecule has 2 aliphatic carbocycles. The molecule has 118 valence electrons. The molecule has 2 aliphatic rings. The van der Waals surface area contributed by atoms with Gasteiger partial charge in [-0.05, 0) is 49.9 Å². The first-order chi connectivity index (χ1) is 11.2. The molecule has 23 heavy (non-hydrogen) atoms. The summed E-state index contributed by atoms with van der Waals surface area (Å²) in [6.45, 7) is 0. The molecular weight excluding hydrogens is 288 g/mol. The van der Waals surface area contributed by atoms with Gasteiger partial charge in [0.25, 0.3) is 0 Å². The highest BCUT2D eigenvalue weighted by Gasteiger charge is 2.41. The van der Waals surface area contributed by atoms with Gasteiger partial charge in [-0.2, -0.15) is 0 Å². The lowest BCUT2D eigenvalue weighted by Gasteiger charge is -2.37. The van der Waals surface area contributed by atoms with Crippen molar-refractivity contribution >= 4 is 28.3 Å². The molecule has 2 unspecified atom stereocenters. The van der Waals surface area contributed by atoms with Gasteiger partial charge < -0.3 is 5.32 Å². The van der Waals surface area contributed by atoms with Crippen LogP contribution in [-0.2, 0) is 9.59 Å². The Labute approximate surface area is 135 Å². The number of nitrogens with one attached hydrogen (secondary N) is 1. The van der Waals surface area contributed by atoms with Crippen LogP contribution in [0, 0.1) is 17.8 Å². The number of rotatable bonds is 2. The molecule has 2 bridgehead atoms. The number of ketones is 1. The van der Waals surface area contributed by atoms with Crippen LogP contribution >= 0.6 is 0 Å². The van der Waals surface area contributed by atoms with Gasteiger partial charge in [-0.25, -0.2) is 0 Å². The number of fused-ring (bicyclic) bond motifs is 3. The van der Waals surface area contributed by atoms with Crippen LogP contribution in [0.2, 0.25) is 0 Å². The Morgan fingerprint density at radius 3 is 2.65 bits per heavy atom. The minimum Gasteiger partial charge on any atom is -0.325 e. The summed E-state index contributed by atoms with van der Waals surface area (Å²) in [5.41, 5.74) is 1.68. The molecule has 0 saturated heterocycles. The molecule has 2 atom stereocenters. The summed E-state index contributed by atoms with van der Waals surface area (Å²) in [6.07, 6.45) is 6.22. The van der Waals surface area contributed by atoms with Crippen molar-refractivity contribution in [3.05, 3.63) is 36.5 Å². The van der Waals surface area contributed by atoms with Crippen molar-refractivity contribution in [3.8, 4) is 0 Å². The monoisotopic (exact) mass is 308 g/mol. The van der Waals surface area contributed by atoms with Crippen molar-refractivity contribution in [1.82, 2.24) is 4.98 Å². The Morgan fingerprint density at radius 1 is 1.09 bits per heavy atom. The molecule has 2 aromatic rings. The third kappa shape index (κ3) is 2.62. The van der Waals surface area contributed by atoms with E-state index in [1.807, 2.05) is 30.3 Å². The molecule has 0 aliphatic heterocycles. The van der Waals surface area contributed by atoms with Crippen LogP contribution in [-0.4, -0.2) is 16.7 Å². The van der Waals surface area contributed by atoms with Gasteiger partial charge in [-0.15, -0.1) is 0 Å². The highest BCUT2D eigenvalue weighted by molar-refractivity contribution is 6.02. The van der Waals surface area contributed by atoms with Crippen LogP contribution in [0.5, 0.6) is 0 Å². The van der Waals surface area contributed by atoms with Crippen LogP contribution in [0.15, 0.2) is 36.5 Å². The van der Waals surface area contributed by atoms with Gasteiger partial charge in [-0.3, -0.25) is 14.6 Å². The highest BCUT2D eigenvalue weighted by Crippen LogP contribution is 2.40. The normalized spacial score (nSPS) is 27.0. The van der Waals surface area contributed by atoms with Crippen LogP contribution in [0.3, 0.4) is 0 Å². The maximum atomic E-state index is 12.7. The van der Waals surface area contributed by atoms with Crippen LogP contribution in [0.25, 0.3) is 10.9 Å². The van der Waals surface area contributed by atoms with Gasteiger partial charge >= 0.3 is 0 Å². The Balaban J connectivity index is 1.55. The van der Waals surface area contributed by atoms with Gasteiger partial charge in [0, 0.05) is 29.3 Å². The molecular formula is C19H20N2O2. The predicted molar refractivity (Wildman–Crippen MR) is 88.9 cm³/mol. The Morgan fingerprint density at radius 2 is 1.87 bits per heavy atom. The van der Waals surface area contributed by atoms with E-state index in [1.54, 1.807) is 6.20 Å². The summed E-state index contributed by atoms with van der Waals surface area (Å²) >= 11 is 0. The van der Waals surface area contributed by atoms with Crippen molar-refractivity contribution in [1.29, 1.82) is 0 Å². The first kappa shape index (κ1) is 14.4. The topological polar surface area (TPSA) is 59.1 Å². The summed E-state index contributed by atoms with van der Waals surface area (Å²) < 4.78 is 0. The standard InChI is InChI=1S/C19H20N2O2/c22-18-12-4-1-5-13(18)11-14(10-12)19(23)21-17-8-2-7-16-15(17)6-3-9-20-16/h2-3,6-9,12-14H,1,4-5,10-11H2,(H,21,23). The fourth-order valence-corrected chi connectivity index (χ4v) is 4.14. The van der Waals surface area contributed by atoms with Gasteiger partial charge in [0.2, 0.25) is 5.91 Å². The minimum absolute atomic E-state index is 0.0464. The van der Waals surface area contributed by atoms with E-state index in [0.29, 0.717) is 18.6 Å². The second kappa shape index (κ2) is 5.76. The first-order valence-corrected chi connectivity index (χ1v) is 8.40. The number of hydrogen-bond acceptors (Lipinski definition) is 3. The molecule has 4 rings (SSSR count). The van der Waals surface area contributed by atoms with Gasteiger partial charge in [-0.1, -0.05) is 12.5 Å². The fraction of sp³-hybridized carbons (Fsp3) is 0.421. The number of carbonyl (C=O) groups is 2. The average Bonchev–Trinajstić information content (AvgIpc) is 2.55. The number of Topliss-reactive ketones (excluding diaryl/α,β-unsaturated/α-hetero) is 1. The van der Waals surface area contributed by atoms with E-state index in [9.17, 15) is 9.59 Å². The molecule has 2 fully saturated rings. The predicted octanol–water partition coefficient (Wildman–Crippen LogP) is 3.57. The Kier molecular flexibility index (Phi) is 3.60. The zero-order chi connectivity index (χ0) is 15.8.